The maximum atomic E-state index is 11.2. The number of rotatable bonds is 6. The predicted octanol–water partition coefficient (Wildman–Crippen LogP) is -0.349. The highest BCUT2D eigenvalue weighted by Gasteiger charge is 2.22. The lowest BCUT2D eigenvalue weighted by atomic mass is 10.4. The van der Waals surface area contributed by atoms with Crippen molar-refractivity contribution >= 4 is 9.84 Å². The van der Waals surface area contributed by atoms with Gasteiger partial charge in [0.1, 0.15) is 11.9 Å². The summed E-state index contributed by atoms with van der Waals surface area (Å²) in [5, 5.41) is 2.81. The van der Waals surface area contributed by atoms with Gasteiger partial charge in [-0.25, -0.2) is 8.42 Å². The highest BCUT2D eigenvalue weighted by atomic mass is 32.2. The Morgan fingerprint density at radius 1 is 1.56 bits per heavy atom. The minimum Gasteiger partial charge on any atom is -0.370 e. The average Bonchev–Trinajstić information content (AvgIpc) is 2.64. The monoisotopic (exact) mass is 249 g/mol. The predicted molar refractivity (Wildman–Crippen MR) is 56.3 cm³/mol. The minimum absolute atomic E-state index is 0.140. The van der Waals surface area contributed by atoms with E-state index in [2.05, 4.69) is 10.1 Å². The van der Waals surface area contributed by atoms with Crippen LogP contribution in [0.1, 0.15) is 23.9 Å². The Labute approximate surface area is 93.9 Å². The molecule has 8 heteroatoms. The molecule has 1 heterocycles. The topological polar surface area (TPSA) is 108 Å². The van der Waals surface area contributed by atoms with E-state index in [1.807, 2.05) is 0 Å². The van der Waals surface area contributed by atoms with Crippen molar-refractivity contribution in [3.05, 3.63) is 11.7 Å². The number of nitrogens with two attached hydrogens (primary N) is 1. The Hall–Kier alpha value is -0.990. The molecule has 0 saturated carbocycles. The zero-order valence-electron chi connectivity index (χ0n) is 9.21. The van der Waals surface area contributed by atoms with E-state index in [1.54, 1.807) is 0 Å². The van der Waals surface area contributed by atoms with E-state index in [4.69, 9.17) is 15.0 Å². The number of hydrogen-bond donors (Lipinski definition) is 1. The molecule has 0 amide bonds. The average molecular weight is 249 g/mol. The fourth-order valence-corrected chi connectivity index (χ4v) is 1.40. The van der Waals surface area contributed by atoms with Crippen LogP contribution in [0.25, 0.3) is 0 Å². The summed E-state index contributed by atoms with van der Waals surface area (Å²) in [5.41, 5.74) is 5.23. The SMILES string of the molecule is CC(c1noc(COCCN)n1)S(C)(=O)=O. The third-order valence-corrected chi connectivity index (χ3v) is 3.47. The van der Waals surface area contributed by atoms with Crippen LogP contribution >= 0.6 is 0 Å². The summed E-state index contributed by atoms with van der Waals surface area (Å²) < 4.78 is 32.4. The summed E-state index contributed by atoms with van der Waals surface area (Å²) >= 11 is 0. The maximum absolute atomic E-state index is 11.2. The van der Waals surface area contributed by atoms with E-state index in [0.29, 0.717) is 13.2 Å². The molecule has 0 aliphatic rings. The highest BCUT2D eigenvalue weighted by Crippen LogP contribution is 2.17. The first kappa shape index (κ1) is 13.1. The standard InChI is InChI=1S/C8H15N3O4S/c1-6(16(2,12)13)8-10-7(15-11-8)5-14-4-3-9/h6H,3-5,9H2,1-2H3. The molecule has 2 N–H and O–H groups in total. The molecule has 0 bridgehead atoms. The molecule has 16 heavy (non-hydrogen) atoms. The van der Waals surface area contributed by atoms with Crippen LogP contribution in [0.5, 0.6) is 0 Å². The summed E-state index contributed by atoms with van der Waals surface area (Å²) in [6, 6.07) is 0. The second-order valence-electron chi connectivity index (χ2n) is 3.36. The molecule has 0 fully saturated rings. The molecule has 1 unspecified atom stereocenters. The van der Waals surface area contributed by atoms with Crippen LogP contribution in [0.2, 0.25) is 0 Å². The second kappa shape index (κ2) is 5.37. The number of ether oxygens (including phenoxy) is 1. The summed E-state index contributed by atoms with van der Waals surface area (Å²) in [5.74, 6) is 0.396. The third-order valence-electron chi connectivity index (χ3n) is 1.98. The first-order valence-corrected chi connectivity index (χ1v) is 6.69. The van der Waals surface area contributed by atoms with Crippen molar-refractivity contribution in [2.24, 2.45) is 5.73 Å². The lowest BCUT2D eigenvalue weighted by Crippen LogP contribution is -2.10. The van der Waals surface area contributed by atoms with E-state index in [0.717, 1.165) is 6.26 Å². The summed E-state index contributed by atoms with van der Waals surface area (Å²) in [4.78, 5) is 3.93. The summed E-state index contributed by atoms with van der Waals surface area (Å²) in [6.45, 7) is 2.44. The van der Waals surface area contributed by atoms with E-state index in [9.17, 15) is 8.42 Å². The van der Waals surface area contributed by atoms with Gasteiger partial charge in [-0.1, -0.05) is 5.16 Å². The molecular weight excluding hydrogens is 234 g/mol. The molecule has 92 valence electrons. The van der Waals surface area contributed by atoms with E-state index in [1.165, 1.54) is 6.92 Å². The third kappa shape index (κ3) is 3.54. The van der Waals surface area contributed by atoms with Gasteiger partial charge in [0.25, 0.3) is 5.89 Å². The minimum atomic E-state index is -3.21. The summed E-state index contributed by atoms with van der Waals surface area (Å²) in [7, 11) is -3.21. The van der Waals surface area contributed by atoms with Crippen molar-refractivity contribution < 1.29 is 17.7 Å². The number of aromatic nitrogens is 2. The molecule has 0 aliphatic carbocycles. The normalized spacial score (nSPS) is 13.9. The zero-order chi connectivity index (χ0) is 12.2. The fraction of sp³-hybridized carbons (Fsp3) is 0.750. The molecular formula is C8H15N3O4S. The van der Waals surface area contributed by atoms with E-state index >= 15 is 0 Å². The Balaban J connectivity index is 2.64. The molecule has 7 nitrogen and oxygen atoms in total. The first-order valence-electron chi connectivity index (χ1n) is 4.74. The van der Waals surface area contributed by atoms with Crippen molar-refractivity contribution in [1.29, 1.82) is 0 Å². The zero-order valence-corrected chi connectivity index (χ0v) is 10.0. The Kier molecular flexibility index (Phi) is 4.39. The van der Waals surface area contributed by atoms with Crippen molar-refractivity contribution in [3.63, 3.8) is 0 Å². The largest absolute Gasteiger partial charge is 0.370 e. The van der Waals surface area contributed by atoms with Crippen LogP contribution < -0.4 is 5.73 Å². The molecule has 0 radical (unpaired) electrons. The Morgan fingerprint density at radius 3 is 2.81 bits per heavy atom. The Morgan fingerprint density at radius 2 is 2.25 bits per heavy atom. The Bertz CT molecular complexity index is 428. The van der Waals surface area contributed by atoms with Gasteiger partial charge < -0.3 is 15.0 Å². The quantitative estimate of drug-likeness (QED) is 0.686. The number of nitrogens with zero attached hydrogens (tertiary/aromatic N) is 2. The number of hydrogen-bond acceptors (Lipinski definition) is 7. The van der Waals surface area contributed by atoms with Gasteiger partial charge in [-0.05, 0) is 6.92 Å². The molecule has 1 rings (SSSR count). The van der Waals surface area contributed by atoms with Crippen LogP contribution in [0.15, 0.2) is 4.52 Å². The van der Waals surface area contributed by atoms with Gasteiger partial charge in [-0.3, -0.25) is 0 Å². The van der Waals surface area contributed by atoms with E-state index in [-0.39, 0.29) is 18.3 Å². The van der Waals surface area contributed by atoms with Gasteiger partial charge >= 0.3 is 0 Å². The first-order chi connectivity index (χ1) is 7.45. The van der Waals surface area contributed by atoms with Gasteiger partial charge in [0, 0.05) is 12.8 Å². The van der Waals surface area contributed by atoms with Crippen molar-refractivity contribution in [2.75, 3.05) is 19.4 Å². The molecule has 1 atom stereocenters. The van der Waals surface area contributed by atoms with Crippen LogP contribution in [0.4, 0.5) is 0 Å². The van der Waals surface area contributed by atoms with Crippen LogP contribution in [-0.4, -0.2) is 38.0 Å². The van der Waals surface area contributed by atoms with Crippen molar-refractivity contribution in [2.45, 2.75) is 18.8 Å². The highest BCUT2D eigenvalue weighted by molar-refractivity contribution is 7.90. The molecule has 0 aromatic carbocycles. The lowest BCUT2D eigenvalue weighted by Gasteiger charge is -2.01. The second-order valence-corrected chi connectivity index (χ2v) is 5.73. The van der Waals surface area contributed by atoms with E-state index < -0.39 is 15.1 Å². The molecule has 1 aromatic heterocycles. The van der Waals surface area contributed by atoms with Gasteiger partial charge in [-0.2, -0.15) is 4.98 Å². The number of sulfone groups is 1. The van der Waals surface area contributed by atoms with Crippen LogP contribution in [0, 0.1) is 0 Å². The van der Waals surface area contributed by atoms with Gasteiger partial charge in [-0.15, -0.1) is 0 Å². The van der Waals surface area contributed by atoms with Crippen LogP contribution in [-0.2, 0) is 21.2 Å². The van der Waals surface area contributed by atoms with Gasteiger partial charge in [0.05, 0.1) is 6.61 Å². The molecule has 1 aromatic rings. The lowest BCUT2D eigenvalue weighted by molar-refractivity contribution is 0.104. The van der Waals surface area contributed by atoms with Gasteiger partial charge in [0.2, 0.25) is 0 Å². The van der Waals surface area contributed by atoms with Crippen molar-refractivity contribution in [1.82, 2.24) is 10.1 Å². The fourth-order valence-electron chi connectivity index (χ4n) is 0.926. The van der Waals surface area contributed by atoms with Crippen LogP contribution in [0.3, 0.4) is 0 Å². The maximum Gasteiger partial charge on any atom is 0.252 e. The van der Waals surface area contributed by atoms with Gasteiger partial charge in [0.15, 0.2) is 15.7 Å². The van der Waals surface area contributed by atoms with Crippen molar-refractivity contribution in [3.8, 4) is 0 Å². The molecule has 0 saturated heterocycles. The molecule has 0 aliphatic heterocycles. The molecule has 0 spiro atoms. The smallest absolute Gasteiger partial charge is 0.252 e. The summed E-state index contributed by atoms with van der Waals surface area (Å²) in [6.07, 6.45) is 1.12.